The smallest absolute Gasteiger partial charge is 0.191 e. The normalized spacial score (nSPS) is 21.2. The highest BCUT2D eigenvalue weighted by Gasteiger charge is 2.24. The molecule has 2 N–H and O–H groups in total. The SMILES string of the molecule is CCNC(=NCC(c1ccccc1)N1CCCC1)NC1CCN(C(C)C)CC1. The molecule has 28 heavy (non-hydrogen) atoms. The number of piperidine rings is 1. The lowest BCUT2D eigenvalue weighted by molar-refractivity contribution is 0.167. The van der Waals surface area contributed by atoms with Gasteiger partial charge >= 0.3 is 0 Å². The van der Waals surface area contributed by atoms with Gasteiger partial charge in [0.1, 0.15) is 0 Å². The Kier molecular flexibility index (Phi) is 8.16. The first-order chi connectivity index (χ1) is 13.7. The number of aliphatic imine (C=N–C) groups is 1. The van der Waals surface area contributed by atoms with E-state index in [0.717, 1.165) is 19.0 Å². The Bertz CT molecular complexity index is 586. The Labute approximate surface area is 171 Å². The zero-order chi connectivity index (χ0) is 19.8. The van der Waals surface area contributed by atoms with E-state index in [9.17, 15) is 0 Å². The van der Waals surface area contributed by atoms with E-state index in [1.165, 1.54) is 57.4 Å². The van der Waals surface area contributed by atoms with Crippen LogP contribution in [0.2, 0.25) is 0 Å². The number of likely N-dealkylation sites (tertiary alicyclic amines) is 2. The van der Waals surface area contributed by atoms with Gasteiger partial charge in [-0.2, -0.15) is 0 Å². The standard InChI is InChI=1S/C23H39N5/c1-4-24-23(26-21-12-16-27(17-13-21)19(2)3)25-18-22(28-14-8-9-15-28)20-10-6-5-7-11-20/h5-7,10-11,19,21-22H,4,8-9,12-18H2,1-3H3,(H2,24,25,26). The fraction of sp³-hybridized carbons (Fsp3) is 0.696. The molecule has 2 heterocycles. The van der Waals surface area contributed by atoms with E-state index >= 15 is 0 Å². The highest BCUT2D eigenvalue weighted by atomic mass is 15.2. The summed E-state index contributed by atoms with van der Waals surface area (Å²) in [4.78, 5) is 10.2. The van der Waals surface area contributed by atoms with Gasteiger partial charge in [-0.3, -0.25) is 9.89 Å². The van der Waals surface area contributed by atoms with Crippen molar-refractivity contribution < 1.29 is 0 Å². The fourth-order valence-electron chi connectivity index (χ4n) is 4.41. The minimum atomic E-state index is 0.377. The van der Waals surface area contributed by atoms with Crippen LogP contribution in [0.15, 0.2) is 35.3 Å². The number of nitrogens with zero attached hydrogens (tertiary/aromatic N) is 3. The molecule has 2 aliphatic heterocycles. The molecule has 1 aromatic carbocycles. The highest BCUT2D eigenvalue weighted by Crippen LogP contribution is 2.25. The van der Waals surface area contributed by atoms with Crippen LogP contribution < -0.4 is 10.6 Å². The average Bonchev–Trinajstić information content (AvgIpc) is 3.24. The van der Waals surface area contributed by atoms with Crippen LogP contribution in [0.5, 0.6) is 0 Å². The number of nitrogens with one attached hydrogen (secondary N) is 2. The largest absolute Gasteiger partial charge is 0.357 e. The number of benzene rings is 1. The van der Waals surface area contributed by atoms with Crippen LogP contribution >= 0.6 is 0 Å². The first-order valence-electron chi connectivity index (χ1n) is 11.2. The summed E-state index contributed by atoms with van der Waals surface area (Å²) >= 11 is 0. The lowest BCUT2D eigenvalue weighted by Crippen LogP contribution is -2.50. The van der Waals surface area contributed by atoms with E-state index in [4.69, 9.17) is 4.99 Å². The summed E-state index contributed by atoms with van der Waals surface area (Å²) in [5, 5.41) is 7.18. The van der Waals surface area contributed by atoms with Gasteiger partial charge in [0.25, 0.3) is 0 Å². The summed E-state index contributed by atoms with van der Waals surface area (Å²) in [5.74, 6) is 0.977. The third-order valence-electron chi connectivity index (χ3n) is 6.13. The minimum absolute atomic E-state index is 0.377. The Morgan fingerprint density at radius 2 is 1.71 bits per heavy atom. The van der Waals surface area contributed by atoms with Crippen LogP contribution in [0.3, 0.4) is 0 Å². The molecule has 1 aromatic rings. The van der Waals surface area contributed by atoms with Gasteiger partial charge in [-0.25, -0.2) is 0 Å². The molecule has 3 rings (SSSR count). The van der Waals surface area contributed by atoms with Crippen LogP contribution in [0.25, 0.3) is 0 Å². The van der Waals surface area contributed by atoms with Gasteiger partial charge in [0.15, 0.2) is 5.96 Å². The third kappa shape index (κ3) is 5.95. The first-order valence-corrected chi connectivity index (χ1v) is 11.2. The van der Waals surface area contributed by atoms with Crippen molar-refractivity contribution in [3.8, 4) is 0 Å². The molecule has 0 aromatic heterocycles. The van der Waals surface area contributed by atoms with Crippen molar-refractivity contribution >= 4 is 5.96 Å². The van der Waals surface area contributed by atoms with Gasteiger partial charge in [-0.15, -0.1) is 0 Å². The van der Waals surface area contributed by atoms with Gasteiger partial charge in [0.2, 0.25) is 0 Å². The van der Waals surface area contributed by atoms with Gasteiger partial charge in [0, 0.05) is 31.7 Å². The van der Waals surface area contributed by atoms with Crippen LogP contribution in [-0.4, -0.2) is 67.1 Å². The van der Waals surface area contributed by atoms with E-state index in [1.54, 1.807) is 0 Å². The number of hydrogen-bond acceptors (Lipinski definition) is 3. The second-order valence-electron chi connectivity index (χ2n) is 8.44. The predicted molar refractivity (Wildman–Crippen MR) is 119 cm³/mol. The monoisotopic (exact) mass is 385 g/mol. The summed E-state index contributed by atoms with van der Waals surface area (Å²) in [6.45, 7) is 13.2. The van der Waals surface area contributed by atoms with Gasteiger partial charge in [0.05, 0.1) is 12.6 Å². The summed E-state index contributed by atoms with van der Waals surface area (Å²) in [5.41, 5.74) is 1.38. The Hall–Kier alpha value is -1.59. The summed E-state index contributed by atoms with van der Waals surface area (Å²) in [6, 6.07) is 12.4. The lowest BCUT2D eigenvalue weighted by atomic mass is 10.0. The molecule has 0 bridgehead atoms. The molecule has 2 fully saturated rings. The van der Waals surface area contributed by atoms with E-state index in [0.29, 0.717) is 18.1 Å². The molecule has 1 atom stereocenters. The topological polar surface area (TPSA) is 42.9 Å². The Morgan fingerprint density at radius 3 is 2.32 bits per heavy atom. The molecule has 0 radical (unpaired) electrons. The number of hydrogen-bond donors (Lipinski definition) is 2. The van der Waals surface area contributed by atoms with Crippen molar-refractivity contribution in [1.82, 2.24) is 20.4 Å². The summed E-state index contributed by atoms with van der Waals surface area (Å²) in [7, 11) is 0. The van der Waals surface area contributed by atoms with Gasteiger partial charge < -0.3 is 15.5 Å². The highest BCUT2D eigenvalue weighted by molar-refractivity contribution is 5.80. The van der Waals surface area contributed by atoms with Crippen LogP contribution in [0.1, 0.15) is 58.1 Å². The molecule has 0 spiro atoms. The van der Waals surface area contributed by atoms with Crippen molar-refractivity contribution in [2.45, 2.75) is 64.6 Å². The van der Waals surface area contributed by atoms with E-state index < -0.39 is 0 Å². The van der Waals surface area contributed by atoms with Gasteiger partial charge in [-0.1, -0.05) is 30.3 Å². The molecular weight excluding hydrogens is 346 g/mol. The molecule has 0 saturated carbocycles. The minimum Gasteiger partial charge on any atom is -0.357 e. The number of rotatable bonds is 7. The van der Waals surface area contributed by atoms with Crippen LogP contribution in [-0.2, 0) is 0 Å². The van der Waals surface area contributed by atoms with Crippen molar-refractivity contribution in [1.29, 1.82) is 0 Å². The maximum atomic E-state index is 5.02. The second-order valence-corrected chi connectivity index (χ2v) is 8.44. The molecule has 156 valence electrons. The maximum Gasteiger partial charge on any atom is 0.191 e. The molecule has 5 nitrogen and oxygen atoms in total. The van der Waals surface area contributed by atoms with Crippen LogP contribution in [0, 0.1) is 0 Å². The fourth-order valence-corrected chi connectivity index (χ4v) is 4.41. The van der Waals surface area contributed by atoms with E-state index in [1.807, 2.05) is 0 Å². The van der Waals surface area contributed by atoms with Crippen molar-refractivity contribution in [3.63, 3.8) is 0 Å². The lowest BCUT2D eigenvalue weighted by Gasteiger charge is -2.35. The molecule has 2 aliphatic rings. The van der Waals surface area contributed by atoms with Crippen molar-refractivity contribution in [2.75, 3.05) is 39.3 Å². The van der Waals surface area contributed by atoms with Crippen LogP contribution in [0.4, 0.5) is 0 Å². The van der Waals surface area contributed by atoms with E-state index in [-0.39, 0.29) is 0 Å². The zero-order valence-corrected chi connectivity index (χ0v) is 18.0. The van der Waals surface area contributed by atoms with Crippen molar-refractivity contribution in [2.24, 2.45) is 4.99 Å². The third-order valence-corrected chi connectivity index (χ3v) is 6.13. The molecule has 1 unspecified atom stereocenters. The van der Waals surface area contributed by atoms with Crippen molar-refractivity contribution in [3.05, 3.63) is 35.9 Å². The Balaban J connectivity index is 1.63. The predicted octanol–water partition coefficient (Wildman–Crippen LogP) is 3.25. The molecular formula is C23H39N5. The second kappa shape index (κ2) is 10.8. The molecule has 0 aliphatic carbocycles. The quantitative estimate of drug-likeness (QED) is 0.559. The Morgan fingerprint density at radius 1 is 1.04 bits per heavy atom. The molecule has 0 amide bonds. The maximum absolute atomic E-state index is 5.02. The average molecular weight is 386 g/mol. The summed E-state index contributed by atoms with van der Waals surface area (Å²) in [6.07, 6.45) is 4.99. The summed E-state index contributed by atoms with van der Waals surface area (Å²) < 4.78 is 0. The number of guanidine groups is 1. The molecule has 2 saturated heterocycles. The van der Waals surface area contributed by atoms with E-state index in [2.05, 4.69) is 71.5 Å². The molecule has 5 heteroatoms. The first kappa shape index (κ1) is 21.1. The van der Waals surface area contributed by atoms with Gasteiger partial charge in [-0.05, 0) is 65.1 Å². The zero-order valence-electron chi connectivity index (χ0n) is 18.0.